The van der Waals surface area contributed by atoms with Crippen LogP contribution in [0.5, 0.6) is 11.5 Å². The monoisotopic (exact) mass is 431 g/mol. The third-order valence-corrected chi connectivity index (χ3v) is 5.69. The first-order valence-corrected chi connectivity index (χ1v) is 10.4. The zero-order valence-corrected chi connectivity index (χ0v) is 18.3. The summed E-state index contributed by atoms with van der Waals surface area (Å²) in [7, 11) is 1.36. The Bertz CT molecular complexity index is 1160. The predicted molar refractivity (Wildman–Crippen MR) is 122 cm³/mol. The molecule has 0 bridgehead atoms. The number of aldehydes is 1. The Kier molecular flexibility index (Phi) is 5.86. The second kappa shape index (κ2) is 8.75. The first kappa shape index (κ1) is 21.4. The van der Waals surface area contributed by atoms with Crippen molar-refractivity contribution < 1.29 is 23.8 Å². The molecular weight excluding hydrogens is 406 g/mol. The van der Waals surface area contributed by atoms with Crippen molar-refractivity contribution in [2.75, 3.05) is 12.8 Å². The molecule has 2 atom stereocenters. The van der Waals surface area contributed by atoms with Crippen LogP contribution >= 0.6 is 0 Å². The van der Waals surface area contributed by atoms with Crippen molar-refractivity contribution in [2.24, 2.45) is 0 Å². The molecule has 0 saturated heterocycles. The number of ether oxygens (including phenoxy) is 3. The van der Waals surface area contributed by atoms with Crippen LogP contribution < -0.4 is 15.2 Å². The van der Waals surface area contributed by atoms with Crippen LogP contribution in [0.3, 0.4) is 0 Å². The smallest absolute Gasteiger partial charge is 0.306 e. The van der Waals surface area contributed by atoms with Crippen molar-refractivity contribution in [3.05, 3.63) is 76.9 Å². The van der Waals surface area contributed by atoms with Crippen molar-refractivity contribution in [1.29, 1.82) is 0 Å². The molecule has 2 unspecified atom stereocenters. The van der Waals surface area contributed by atoms with Gasteiger partial charge in [0.15, 0.2) is 0 Å². The maximum absolute atomic E-state index is 12.0. The van der Waals surface area contributed by atoms with E-state index >= 15 is 0 Å². The highest BCUT2D eigenvalue weighted by Crippen LogP contribution is 2.43. The lowest BCUT2D eigenvalue weighted by Crippen LogP contribution is -2.28. The number of nitrogen functional groups attached to an aromatic ring is 1. The van der Waals surface area contributed by atoms with Crippen molar-refractivity contribution >= 4 is 17.9 Å². The standard InChI is InChI=1S/C26H25NO5/c1-15-9-20(10-16(2)25(15)18-6-4-5-17(11-18)14-28)31-26-22(13-24(29)30-3)21-8-7-19(27)12-23(21)32-26/h4-12,14,22,26H,13,27H2,1-3H3. The number of carbonyl (C=O) groups excluding carboxylic acids is 2. The van der Waals surface area contributed by atoms with E-state index in [2.05, 4.69) is 0 Å². The van der Waals surface area contributed by atoms with E-state index in [4.69, 9.17) is 19.9 Å². The molecule has 1 aliphatic rings. The molecule has 0 saturated carbocycles. The van der Waals surface area contributed by atoms with Gasteiger partial charge in [0.05, 0.1) is 19.4 Å². The van der Waals surface area contributed by atoms with E-state index in [1.165, 1.54) is 7.11 Å². The van der Waals surface area contributed by atoms with Crippen molar-refractivity contribution in [3.63, 3.8) is 0 Å². The molecule has 4 rings (SSSR count). The first-order chi connectivity index (χ1) is 15.4. The second-order valence-corrected chi connectivity index (χ2v) is 7.96. The van der Waals surface area contributed by atoms with Gasteiger partial charge in [-0.2, -0.15) is 0 Å². The summed E-state index contributed by atoms with van der Waals surface area (Å²) < 4.78 is 17.1. The molecule has 0 fully saturated rings. The van der Waals surface area contributed by atoms with Gasteiger partial charge in [0.2, 0.25) is 6.29 Å². The van der Waals surface area contributed by atoms with Crippen LogP contribution in [0.25, 0.3) is 11.1 Å². The molecular formula is C26H25NO5. The summed E-state index contributed by atoms with van der Waals surface area (Å²) in [5, 5.41) is 0. The van der Waals surface area contributed by atoms with E-state index < -0.39 is 6.29 Å². The maximum atomic E-state index is 12.0. The van der Waals surface area contributed by atoms with Crippen molar-refractivity contribution in [3.8, 4) is 22.6 Å². The highest BCUT2D eigenvalue weighted by atomic mass is 16.7. The van der Waals surface area contributed by atoms with Crippen LogP contribution in [0.1, 0.15) is 39.4 Å². The van der Waals surface area contributed by atoms with E-state index in [-0.39, 0.29) is 18.3 Å². The van der Waals surface area contributed by atoms with E-state index in [9.17, 15) is 9.59 Å². The second-order valence-electron chi connectivity index (χ2n) is 7.96. The number of aryl methyl sites for hydroxylation is 2. The van der Waals surface area contributed by atoms with Gasteiger partial charge in [-0.1, -0.05) is 24.3 Å². The van der Waals surface area contributed by atoms with E-state index in [0.29, 0.717) is 22.7 Å². The average molecular weight is 431 g/mol. The summed E-state index contributed by atoms with van der Waals surface area (Å²) in [5.41, 5.74) is 12.0. The number of benzene rings is 3. The van der Waals surface area contributed by atoms with Gasteiger partial charge < -0.3 is 19.9 Å². The lowest BCUT2D eigenvalue weighted by molar-refractivity contribution is -0.142. The molecule has 0 amide bonds. The summed E-state index contributed by atoms with van der Waals surface area (Å²) in [4.78, 5) is 23.2. The normalized spacial score (nSPS) is 16.7. The van der Waals surface area contributed by atoms with Gasteiger partial charge in [-0.05, 0) is 60.4 Å². The minimum absolute atomic E-state index is 0.132. The Morgan fingerprint density at radius 2 is 1.84 bits per heavy atom. The van der Waals surface area contributed by atoms with E-state index in [1.807, 2.05) is 50.2 Å². The maximum Gasteiger partial charge on any atom is 0.306 e. The van der Waals surface area contributed by atoms with Crippen molar-refractivity contribution in [1.82, 2.24) is 0 Å². The third-order valence-electron chi connectivity index (χ3n) is 5.69. The van der Waals surface area contributed by atoms with Crippen molar-refractivity contribution in [2.45, 2.75) is 32.5 Å². The van der Waals surface area contributed by atoms with E-state index in [0.717, 1.165) is 34.1 Å². The Labute approximate surface area is 186 Å². The Morgan fingerprint density at radius 3 is 2.53 bits per heavy atom. The lowest BCUT2D eigenvalue weighted by atomic mass is 9.94. The number of methoxy groups -OCH3 is 1. The molecule has 1 heterocycles. The fourth-order valence-corrected chi connectivity index (χ4v) is 4.24. The highest BCUT2D eigenvalue weighted by Gasteiger charge is 2.38. The minimum atomic E-state index is -0.686. The van der Waals surface area contributed by atoms with Crippen LogP contribution in [-0.2, 0) is 9.53 Å². The minimum Gasteiger partial charge on any atom is -0.469 e. The number of nitrogens with two attached hydrogens (primary N) is 1. The summed E-state index contributed by atoms with van der Waals surface area (Å²) in [6, 6.07) is 16.8. The van der Waals surface area contributed by atoms with Gasteiger partial charge in [-0.25, -0.2) is 0 Å². The average Bonchev–Trinajstić information content (AvgIpc) is 3.09. The zero-order valence-electron chi connectivity index (χ0n) is 18.3. The third kappa shape index (κ3) is 4.17. The Morgan fingerprint density at radius 1 is 1.09 bits per heavy atom. The number of hydrogen-bond acceptors (Lipinski definition) is 6. The molecule has 0 radical (unpaired) electrons. The Hall–Kier alpha value is -3.80. The number of carbonyl (C=O) groups is 2. The molecule has 32 heavy (non-hydrogen) atoms. The fraction of sp³-hybridized carbons (Fsp3) is 0.231. The van der Waals surface area contributed by atoms with Gasteiger partial charge in [-0.3, -0.25) is 9.59 Å². The van der Waals surface area contributed by atoms with Gasteiger partial charge in [-0.15, -0.1) is 0 Å². The molecule has 164 valence electrons. The molecule has 0 spiro atoms. The van der Waals surface area contributed by atoms with Gasteiger partial charge in [0.1, 0.15) is 17.8 Å². The highest BCUT2D eigenvalue weighted by molar-refractivity contribution is 5.80. The molecule has 0 aliphatic carbocycles. The number of rotatable bonds is 6. The van der Waals surface area contributed by atoms with Crippen LogP contribution in [0.15, 0.2) is 54.6 Å². The van der Waals surface area contributed by atoms with Crippen LogP contribution in [-0.4, -0.2) is 25.7 Å². The SMILES string of the molecule is COC(=O)CC1c2ccc(N)cc2OC1Oc1cc(C)c(-c2cccc(C=O)c2)c(C)c1. The molecule has 6 heteroatoms. The molecule has 2 N–H and O–H groups in total. The quantitative estimate of drug-likeness (QED) is 0.342. The first-order valence-electron chi connectivity index (χ1n) is 10.4. The Balaban J connectivity index is 1.64. The summed E-state index contributed by atoms with van der Waals surface area (Å²) >= 11 is 0. The zero-order chi connectivity index (χ0) is 22.8. The molecule has 1 aliphatic heterocycles. The number of hydrogen-bond donors (Lipinski definition) is 1. The summed E-state index contributed by atoms with van der Waals surface area (Å²) in [5.74, 6) is 0.591. The van der Waals surface area contributed by atoms with Crippen LogP contribution in [0.2, 0.25) is 0 Å². The van der Waals surface area contributed by atoms with E-state index in [1.54, 1.807) is 18.2 Å². The summed E-state index contributed by atoms with van der Waals surface area (Å²) in [6.07, 6.45) is 0.288. The molecule has 3 aromatic carbocycles. The lowest BCUT2D eigenvalue weighted by Gasteiger charge is -2.21. The number of anilines is 1. The molecule has 6 nitrogen and oxygen atoms in total. The molecule has 0 aromatic heterocycles. The van der Waals surface area contributed by atoms with Crippen LogP contribution in [0.4, 0.5) is 5.69 Å². The summed E-state index contributed by atoms with van der Waals surface area (Å²) in [6.45, 7) is 4.00. The van der Waals surface area contributed by atoms with Gasteiger partial charge in [0, 0.05) is 22.9 Å². The number of esters is 1. The fourth-order valence-electron chi connectivity index (χ4n) is 4.24. The van der Waals surface area contributed by atoms with Crippen LogP contribution in [0, 0.1) is 13.8 Å². The topological polar surface area (TPSA) is 87.8 Å². The number of fused-ring (bicyclic) bond motifs is 1. The predicted octanol–water partition coefficient (Wildman–Crippen LogP) is 4.81. The van der Waals surface area contributed by atoms with Gasteiger partial charge >= 0.3 is 5.97 Å². The largest absolute Gasteiger partial charge is 0.469 e. The molecule has 3 aromatic rings. The van der Waals surface area contributed by atoms with Gasteiger partial charge in [0.25, 0.3) is 0 Å².